The van der Waals surface area contributed by atoms with Crippen molar-refractivity contribution >= 4 is 42.8 Å². The zero-order chi connectivity index (χ0) is 20.9. The van der Waals surface area contributed by atoms with E-state index in [4.69, 9.17) is 4.42 Å². The molecule has 0 saturated carbocycles. The van der Waals surface area contributed by atoms with Crippen LogP contribution in [0.1, 0.15) is 17.9 Å². The molecular formula is C21H19Br2NO5. The third kappa shape index (κ3) is 3.48. The lowest BCUT2D eigenvalue weighted by molar-refractivity contribution is 0.172. The number of fused-ring (bicyclic) bond motifs is 1. The highest BCUT2D eigenvalue weighted by Gasteiger charge is 2.36. The number of likely N-dealkylation sites (N-methyl/N-ethyl adjacent to an activating group) is 1. The third-order valence-electron chi connectivity index (χ3n) is 5.58. The first-order valence-electron chi connectivity index (χ1n) is 9.11. The summed E-state index contributed by atoms with van der Waals surface area (Å²) < 4.78 is 7.72. The van der Waals surface area contributed by atoms with Gasteiger partial charge in [-0.3, -0.25) is 4.79 Å². The fraction of sp³-hybridized carbons (Fsp3) is 0.286. The van der Waals surface area contributed by atoms with Crippen LogP contribution in [-0.2, 0) is 0 Å². The maximum Gasteiger partial charge on any atom is 0.197 e. The number of likely N-dealkylation sites (tertiary alicyclic amines) is 1. The van der Waals surface area contributed by atoms with Crippen LogP contribution in [0.5, 0.6) is 11.5 Å². The minimum atomic E-state index is -0.401. The van der Waals surface area contributed by atoms with Crippen LogP contribution >= 0.6 is 31.9 Å². The number of benzene rings is 2. The highest BCUT2D eigenvalue weighted by Crippen LogP contribution is 2.44. The van der Waals surface area contributed by atoms with Crippen molar-refractivity contribution in [3.8, 4) is 22.8 Å². The average Bonchev–Trinajstić information content (AvgIpc) is 3.01. The number of aliphatic hydroxyl groups is 1. The topological polar surface area (TPSA) is 94.1 Å². The van der Waals surface area contributed by atoms with E-state index in [0.717, 1.165) is 15.5 Å². The smallest absolute Gasteiger partial charge is 0.197 e. The molecule has 1 aromatic heterocycles. The molecule has 29 heavy (non-hydrogen) atoms. The largest absolute Gasteiger partial charge is 0.507 e. The molecule has 3 N–H and O–H groups in total. The van der Waals surface area contributed by atoms with Gasteiger partial charge >= 0.3 is 0 Å². The first-order chi connectivity index (χ1) is 13.8. The van der Waals surface area contributed by atoms with Gasteiger partial charge in [-0.05, 0) is 54.1 Å². The molecule has 4 rings (SSSR count). The number of rotatable bonds is 3. The standard InChI is InChI=1S/C21H19Br2NO5/c1-24-5-4-12(14(24)9-25)19-15(26)7-16(27)20-17(28)8-18(29-21(19)20)11-3-2-10(22)6-13(11)23/h2-3,6-8,12,14,25-27H,4-5,9H2,1H3/t12-,14+/m0/s1. The lowest BCUT2D eigenvalue weighted by Gasteiger charge is -2.24. The number of hydrogen-bond acceptors (Lipinski definition) is 6. The number of phenols is 2. The van der Waals surface area contributed by atoms with Crippen molar-refractivity contribution in [2.75, 3.05) is 20.2 Å². The fourth-order valence-electron chi connectivity index (χ4n) is 4.11. The summed E-state index contributed by atoms with van der Waals surface area (Å²) in [4.78, 5) is 14.9. The van der Waals surface area contributed by atoms with Crippen molar-refractivity contribution in [2.24, 2.45) is 0 Å². The van der Waals surface area contributed by atoms with Crippen LogP contribution in [-0.4, -0.2) is 46.5 Å². The molecule has 152 valence electrons. The van der Waals surface area contributed by atoms with Crippen LogP contribution in [0.15, 0.2) is 48.5 Å². The molecule has 0 unspecified atom stereocenters. The first kappa shape index (κ1) is 20.4. The number of halogens is 2. The first-order valence-corrected chi connectivity index (χ1v) is 10.7. The van der Waals surface area contributed by atoms with Gasteiger partial charge in [0.05, 0.1) is 6.61 Å². The summed E-state index contributed by atoms with van der Waals surface area (Å²) >= 11 is 6.89. The number of nitrogens with zero attached hydrogens (tertiary/aromatic N) is 1. The third-order valence-corrected chi connectivity index (χ3v) is 6.73. The minimum Gasteiger partial charge on any atom is -0.507 e. The maximum absolute atomic E-state index is 12.9. The Bertz CT molecular complexity index is 1160. The monoisotopic (exact) mass is 523 g/mol. The second-order valence-corrected chi connectivity index (χ2v) is 9.03. The van der Waals surface area contributed by atoms with Crippen molar-refractivity contribution in [1.82, 2.24) is 4.90 Å². The van der Waals surface area contributed by atoms with Gasteiger partial charge < -0.3 is 24.6 Å². The van der Waals surface area contributed by atoms with Crippen molar-refractivity contribution in [3.05, 3.63) is 55.1 Å². The van der Waals surface area contributed by atoms with Crippen LogP contribution in [0.25, 0.3) is 22.3 Å². The molecule has 1 aliphatic heterocycles. The molecule has 3 aromatic rings. The van der Waals surface area contributed by atoms with E-state index in [1.165, 1.54) is 12.1 Å². The van der Waals surface area contributed by atoms with E-state index in [0.29, 0.717) is 23.3 Å². The SMILES string of the molecule is CN1CC[C@H](c2c(O)cc(O)c3c(=O)cc(-c4ccc(Br)cc4Br)oc23)[C@H]1CO. The van der Waals surface area contributed by atoms with E-state index < -0.39 is 5.43 Å². The molecule has 2 aromatic carbocycles. The lowest BCUT2D eigenvalue weighted by atomic mass is 9.89. The minimum absolute atomic E-state index is 0.0287. The van der Waals surface area contributed by atoms with E-state index in [-0.39, 0.29) is 41.0 Å². The van der Waals surface area contributed by atoms with Crippen LogP contribution in [0, 0.1) is 0 Å². The van der Waals surface area contributed by atoms with Gasteiger partial charge in [-0.25, -0.2) is 0 Å². The van der Waals surface area contributed by atoms with Gasteiger partial charge in [-0.15, -0.1) is 0 Å². The normalized spacial score (nSPS) is 19.9. The Labute approximate surface area is 183 Å². The Morgan fingerprint density at radius 1 is 1.17 bits per heavy atom. The summed E-state index contributed by atoms with van der Waals surface area (Å²) in [5.41, 5.74) is 0.858. The van der Waals surface area contributed by atoms with Crippen molar-refractivity contribution < 1.29 is 19.7 Å². The molecule has 0 amide bonds. The lowest BCUT2D eigenvalue weighted by Crippen LogP contribution is -2.32. The Morgan fingerprint density at radius 2 is 1.93 bits per heavy atom. The number of phenolic OH excluding ortho intramolecular Hbond substituents is 2. The number of aromatic hydroxyl groups is 2. The molecule has 1 saturated heterocycles. The molecule has 0 radical (unpaired) electrons. The predicted octanol–water partition coefficient (Wildman–Crippen LogP) is 4.18. The molecular weight excluding hydrogens is 506 g/mol. The Morgan fingerprint density at radius 3 is 2.62 bits per heavy atom. The molecule has 1 aliphatic rings. The van der Waals surface area contributed by atoms with Crippen molar-refractivity contribution in [3.63, 3.8) is 0 Å². The van der Waals surface area contributed by atoms with Crippen LogP contribution < -0.4 is 5.43 Å². The van der Waals surface area contributed by atoms with Crippen LogP contribution in [0.2, 0.25) is 0 Å². The maximum atomic E-state index is 12.9. The van der Waals surface area contributed by atoms with Crippen LogP contribution in [0.4, 0.5) is 0 Å². The van der Waals surface area contributed by atoms with Crippen LogP contribution in [0.3, 0.4) is 0 Å². The van der Waals surface area contributed by atoms with Crippen molar-refractivity contribution in [1.29, 1.82) is 0 Å². The summed E-state index contributed by atoms with van der Waals surface area (Å²) in [7, 11) is 1.90. The molecule has 0 bridgehead atoms. The van der Waals surface area contributed by atoms with E-state index in [9.17, 15) is 20.1 Å². The quantitative estimate of drug-likeness (QED) is 0.476. The van der Waals surface area contributed by atoms with Crippen molar-refractivity contribution in [2.45, 2.75) is 18.4 Å². The molecule has 2 atom stereocenters. The molecule has 8 heteroatoms. The van der Waals surface area contributed by atoms with Gasteiger partial charge in [0.2, 0.25) is 0 Å². The van der Waals surface area contributed by atoms with E-state index in [2.05, 4.69) is 31.9 Å². The number of aliphatic hydroxyl groups excluding tert-OH is 1. The molecule has 2 heterocycles. The summed E-state index contributed by atoms with van der Waals surface area (Å²) in [6.45, 7) is 0.644. The zero-order valence-electron chi connectivity index (χ0n) is 15.5. The molecule has 6 nitrogen and oxygen atoms in total. The Balaban J connectivity index is 2.01. The summed E-state index contributed by atoms with van der Waals surface area (Å²) in [6.07, 6.45) is 0.686. The van der Waals surface area contributed by atoms with Gasteiger partial charge in [0.1, 0.15) is 28.2 Å². The highest BCUT2D eigenvalue weighted by atomic mass is 79.9. The zero-order valence-corrected chi connectivity index (χ0v) is 18.7. The van der Waals surface area contributed by atoms with Gasteiger partial charge in [0, 0.05) is 44.2 Å². The van der Waals surface area contributed by atoms with Gasteiger partial charge in [0.25, 0.3) is 0 Å². The second kappa shape index (κ2) is 7.75. The second-order valence-electron chi connectivity index (χ2n) is 7.26. The van der Waals surface area contributed by atoms with E-state index >= 15 is 0 Å². The fourth-order valence-corrected chi connectivity index (χ4v) is 5.36. The highest BCUT2D eigenvalue weighted by molar-refractivity contribution is 9.11. The Hall–Kier alpha value is -1.87. The molecule has 1 fully saturated rings. The van der Waals surface area contributed by atoms with Gasteiger partial charge in [-0.1, -0.05) is 15.9 Å². The molecule has 0 spiro atoms. The average molecular weight is 525 g/mol. The van der Waals surface area contributed by atoms with E-state index in [1.54, 1.807) is 6.07 Å². The van der Waals surface area contributed by atoms with Gasteiger partial charge in [-0.2, -0.15) is 0 Å². The Kier molecular flexibility index (Phi) is 5.46. The summed E-state index contributed by atoms with van der Waals surface area (Å²) in [5, 5.41) is 30.9. The number of hydrogen-bond donors (Lipinski definition) is 3. The molecule has 0 aliphatic carbocycles. The van der Waals surface area contributed by atoms with E-state index in [1.807, 2.05) is 24.1 Å². The predicted molar refractivity (Wildman–Crippen MR) is 118 cm³/mol. The summed E-state index contributed by atoms with van der Waals surface area (Å²) in [6, 6.07) is 7.77. The summed E-state index contributed by atoms with van der Waals surface area (Å²) in [5.74, 6) is -0.396. The van der Waals surface area contributed by atoms with Gasteiger partial charge in [0.15, 0.2) is 5.43 Å².